The summed E-state index contributed by atoms with van der Waals surface area (Å²) in [5, 5.41) is 3.97. The van der Waals surface area contributed by atoms with E-state index in [0.717, 1.165) is 19.3 Å². The molecule has 0 bridgehead atoms. The van der Waals surface area contributed by atoms with Crippen LogP contribution in [0.3, 0.4) is 0 Å². The van der Waals surface area contributed by atoms with Crippen LogP contribution in [0, 0.1) is 0 Å². The van der Waals surface area contributed by atoms with E-state index in [0.29, 0.717) is 16.0 Å². The van der Waals surface area contributed by atoms with Gasteiger partial charge < -0.3 is 5.32 Å². The topological polar surface area (TPSA) is 42.0 Å². The highest BCUT2D eigenvalue weighted by molar-refractivity contribution is 7.99. The van der Waals surface area contributed by atoms with E-state index in [1.165, 1.54) is 0 Å². The molecule has 1 amide bonds. The van der Waals surface area contributed by atoms with Gasteiger partial charge in [-0.2, -0.15) is 11.8 Å². The fourth-order valence-corrected chi connectivity index (χ4v) is 3.57. The third kappa shape index (κ3) is 3.11. The van der Waals surface area contributed by atoms with E-state index in [1.807, 2.05) is 0 Å². The summed E-state index contributed by atoms with van der Waals surface area (Å²) >= 11 is 13.4. The van der Waals surface area contributed by atoms with Crippen molar-refractivity contribution in [1.82, 2.24) is 10.3 Å². The predicted molar refractivity (Wildman–Crippen MR) is 76.7 cm³/mol. The maximum Gasteiger partial charge on any atom is 0.254 e. The highest BCUT2D eigenvalue weighted by atomic mass is 35.5. The van der Waals surface area contributed by atoms with E-state index < -0.39 is 0 Å². The van der Waals surface area contributed by atoms with E-state index in [4.69, 9.17) is 23.2 Å². The van der Waals surface area contributed by atoms with Crippen molar-refractivity contribution in [2.75, 3.05) is 6.26 Å². The van der Waals surface area contributed by atoms with Gasteiger partial charge in [0.15, 0.2) is 0 Å². The number of hydrogen-bond acceptors (Lipinski definition) is 3. The number of nitrogens with zero attached hydrogens (tertiary/aromatic N) is 1. The number of amides is 1. The van der Waals surface area contributed by atoms with Crippen molar-refractivity contribution in [2.45, 2.75) is 30.6 Å². The Morgan fingerprint density at radius 1 is 1.44 bits per heavy atom. The first-order chi connectivity index (χ1) is 8.61. The Morgan fingerprint density at radius 3 is 2.89 bits per heavy atom. The second-order valence-corrected chi connectivity index (χ2v) is 6.08. The minimum atomic E-state index is -0.171. The lowest BCUT2D eigenvalue weighted by molar-refractivity contribution is 0.0938. The lowest BCUT2D eigenvalue weighted by Gasteiger charge is -2.19. The second-order valence-electron chi connectivity index (χ2n) is 4.26. The molecule has 18 heavy (non-hydrogen) atoms. The fourth-order valence-electron chi connectivity index (χ4n) is 2.20. The lowest BCUT2D eigenvalue weighted by atomic mass is 10.2. The van der Waals surface area contributed by atoms with Gasteiger partial charge in [-0.05, 0) is 31.2 Å². The second kappa shape index (κ2) is 6.13. The number of pyridine rings is 1. The van der Waals surface area contributed by atoms with Crippen molar-refractivity contribution < 1.29 is 4.79 Å². The molecule has 0 aromatic carbocycles. The minimum Gasteiger partial charge on any atom is -0.348 e. The van der Waals surface area contributed by atoms with Crippen LogP contribution in [-0.2, 0) is 0 Å². The third-order valence-electron chi connectivity index (χ3n) is 3.13. The zero-order valence-corrected chi connectivity index (χ0v) is 12.3. The summed E-state index contributed by atoms with van der Waals surface area (Å²) < 4.78 is 0. The maximum atomic E-state index is 12.1. The van der Waals surface area contributed by atoms with Crippen LogP contribution in [0.1, 0.15) is 29.6 Å². The molecule has 0 saturated heterocycles. The number of thioether (sulfide) groups is 1. The predicted octanol–water partition coefficient (Wildman–Crippen LogP) is 3.40. The Kier molecular flexibility index (Phi) is 4.76. The average molecular weight is 305 g/mol. The zero-order chi connectivity index (χ0) is 13.1. The van der Waals surface area contributed by atoms with Crippen molar-refractivity contribution in [3.8, 4) is 0 Å². The van der Waals surface area contributed by atoms with E-state index >= 15 is 0 Å². The summed E-state index contributed by atoms with van der Waals surface area (Å²) in [6, 6.07) is 3.40. The Labute approximate surface area is 121 Å². The number of rotatable bonds is 3. The summed E-state index contributed by atoms with van der Waals surface area (Å²) in [5.41, 5.74) is 0.382. The SMILES string of the molecule is CSC1CCCC1NC(=O)c1ccc(Cl)nc1Cl. The number of carbonyl (C=O) groups is 1. The maximum absolute atomic E-state index is 12.1. The number of carbonyl (C=O) groups excluding carboxylic acids is 1. The van der Waals surface area contributed by atoms with Gasteiger partial charge in [-0.3, -0.25) is 4.79 Å². The fraction of sp³-hybridized carbons (Fsp3) is 0.500. The molecule has 0 radical (unpaired) electrons. The number of hydrogen-bond donors (Lipinski definition) is 1. The standard InChI is InChI=1S/C12H14Cl2N2OS/c1-18-9-4-2-3-8(9)15-12(17)7-5-6-10(13)16-11(7)14/h5-6,8-9H,2-4H2,1H3,(H,15,17). The van der Waals surface area contributed by atoms with Gasteiger partial charge in [-0.1, -0.05) is 29.6 Å². The van der Waals surface area contributed by atoms with E-state index in [9.17, 15) is 4.79 Å². The molecule has 1 aromatic heterocycles. The highest BCUT2D eigenvalue weighted by Gasteiger charge is 2.28. The van der Waals surface area contributed by atoms with E-state index in [2.05, 4.69) is 16.6 Å². The van der Waals surface area contributed by atoms with Gasteiger partial charge in [0.2, 0.25) is 0 Å². The van der Waals surface area contributed by atoms with Crippen LogP contribution in [-0.4, -0.2) is 28.4 Å². The summed E-state index contributed by atoms with van der Waals surface area (Å²) in [4.78, 5) is 16.0. The van der Waals surface area contributed by atoms with Crippen LogP contribution in [0.25, 0.3) is 0 Å². The molecule has 3 nitrogen and oxygen atoms in total. The first-order valence-electron chi connectivity index (χ1n) is 5.77. The molecule has 2 rings (SSSR count). The molecule has 1 heterocycles. The minimum absolute atomic E-state index is 0.152. The van der Waals surface area contributed by atoms with Crippen LogP contribution < -0.4 is 5.32 Å². The summed E-state index contributed by atoms with van der Waals surface area (Å²) in [5.74, 6) is -0.171. The van der Waals surface area contributed by atoms with Crippen LogP contribution in [0.15, 0.2) is 12.1 Å². The van der Waals surface area contributed by atoms with Gasteiger partial charge in [0.1, 0.15) is 10.3 Å². The first kappa shape index (κ1) is 14.0. The summed E-state index contributed by atoms with van der Waals surface area (Å²) in [6.45, 7) is 0. The number of nitrogens with one attached hydrogen (secondary N) is 1. The molecule has 2 atom stereocenters. The Hall–Kier alpha value is -0.450. The third-order valence-corrected chi connectivity index (χ3v) is 4.80. The molecule has 98 valence electrons. The van der Waals surface area contributed by atoms with Crippen molar-refractivity contribution in [3.05, 3.63) is 28.0 Å². The molecule has 1 aliphatic rings. The highest BCUT2D eigenvalue weighted by Crippen LogP contribution is 2.28. The molecule has 1 fully saturated rings. The van der Waals surface area contributed by atoms with Crippen molar-refractivity contribution >= 4 is 40.9 Å². The average Bonchev–Trinajstić information content (AvgIpc) is 2.76. The molecule has 1 aromatic rings. The van der Waals surface area contributed by atoms with Crippen molar-refractivity contribution in [3.63, 3.8) is 0 Å². The number of halogens is 2. The molecule has 1 saturated carbocycles. The first-order valence-corrected chi connectivity index (χ1v) is 7.82. The van der Waals surface area contributed by atoms with Gasteiger partial charge in [0, 0.05) is 11.3 Å². The van der Waals surface area contributed by atoms with Crippen LogP contribution in [0.5, 0.6) is 0 Å². The summed E-state index contributed by atoms with van der Waals surface area (Å²) in [6.07, 6.45) is 5.41. The largest absolute Gasteiger partial charge is 0.348 e. The molecule has 0 aliphatic heterocycles. The smallest absolute Gasteiger partial charge is 0.254 e. The quantitative estimate of drug-likeness (QED) is 0.870. The molecule has 1 N–H and O–H groups in total. The molecule has 2 unspecified atom stereocenters. The van der Waals surface area contributed by atoms with Crippen LogP contribution in [0.4, 0.5) is 0 Å². The van der Waals surface area contributed by atoms with Crippen LogP contribution >= 0.6 is 35.0 Å². The normalized spacial score (nSPS) is 23.1. The lowest BCUT2D eigenvalue weighted by Crippen LogP contribution is -2.38. The monoisotopic (exact) mass is 304 g/mol. The van der Waals surface area contributed by atoms with Gasteiger partial charge in [-0.25, -0.2) is 4.98 Å². The van der Waals surface area contributed by atoms with Gasteiger partial charge >= 0.3 is 0 Å². The van der Waals surface area contributed by atoms with Gasteiger partial charge in [0.25, 0.3) is 5.91 Å². The Balaban J connectivity index is 2.07. The Bertz CT molecular complexity index is 456. The van der Waals surface area contributed by atoms with Crippen LogP contribution in [0.2, 0.25) is 10.3 Å². The van der Waals surface area contributed by atoms with Crippen molar-refractivity contribution in [1.29, 1.82) is 0 Å². The Morgan fingerprint density at radius 2 is 2.22 bits per heavy atom. The molecular formula is C12H14Cl2N2OS. The molecule has 0 spiro atoms. The van der Waals surface area contributed by atoms with Gasteiger partial charge in [-0.15, -0.1) is 0 Å². The molecule has 1 aliphatic carbocycles. The van der Waals surface area contributed by atoms with E-state index in [1.54, 1.807) is 23.9 Å². The number of aromatic nitrogens is 1. The molecule has 6 heteroatoms. The molecular weight excluding hydrogens is 291 g/mol. The van der Waals surface area contributed by atoms with Crippen molar-refractivity contribution in [2.24, 2.45) is 0 Å². The summed E-state index contributed by atoms with van der Waals surface area (Å²) in [7, 11) is 0. The van der Waals surface area contributed by atoms with Gasteiger partial charge in [0.05, 0.1) is 5.56 Å². The van der Waals surface area contributed by atoms with E-state index in [-0.39, 0.29) is 17.1 Å². The zero-order valence-electron chi connectivity index (χ0n) is 9.95.